The third-order valence-electron chi connectivity index (χ3n) is 5.48. The third-order valence-corrected chi connectivity index (χ3v) is 5.48. The lowest BCUT2D eigenvalue weighted by molar-refractivity contribution is -0.137. The number of carbonyl (C=O) groups is 1. The van der Waals surface area contributed by atoms with E-state index in [1.165, 1.54) is 6.07 Å². The van der Waals surface area contributed by atoms with Crippen LogP contribution in [-0.4, -0.2) is 42.0 Å². The van der Waals surface area contributed by atoms with E-state index in [0.717, 1.165) is 23.5 Å². The molecule has 0 saturated carbocycles. The number of nitrogens with one attached hydrogen (secondary N) is 1. The van der Waals surface area contributed by atoms with Gasteiger partial charge in [-0.2, -0.15) is 13.2 Å². The van der Waals surface area contributed by atoms with Crippen molar-refractivity contribution in [3.63, 3.8) is 0 Å². The van der Waals surface area contributed by atoms with Crippen LogP contribution >= 0.6 is 0 Å². The highest BCUT2D eigenvalue weighted by Gasteiger charge is 2.32. The van der Waals surface area contributed by atoms with E-state index in [9.17, 15) is 18.0 Å². The molecule has 1 aromatic heterocycles. The second-order valence-corrected chi connectivity index (χ2v) is 7.59. The van der Waals surface area contributed by atoms with Crippen LogP contribution in [0.4, 0.5) is 24.7 Å². The molecule has 166 valence electrons. The highest BCUT2D eigenvalue weighted by Crippen LogP contribution is 2.30. The molecule has 1 amide bonds. The van der Waals surface area contributed by atoms with Crippen molar-refractivity contribution in [3.05, 3.63) is 90.1 Å². The lowest BCUT2D eigenvalue weighted by Gasteiger charge is -2.39. The first-order valence-electron chi connectivity index (χ1n) is 10.3. The van der Waals surface area contributed by atoms with E-state index in [1.54, 1.807) is 0 Å². The van der Waals surface area contributed by atoms with Gasteiger partial charge in [-0.25, -0.2) is 4.98 Å². The van der Waals surface area contributed by atoms with Crippen molar-refractivity contribution >= 4 is 17.4 Å². The zero-order valence-electron chi connectivity index (χ0n) is 17.3. The molecular formula is C24H23F3N4O. The molecular weight excluding hydrogens is 417 g/mol. The smallest absolute Gasteiger partial charge is 0.354 e. The Morgan fingerprint density at radius 1 is 0.875 bits per heavy atom. The molecule has 1 aliphatic rings. The average Bonchev–Trinajstić information content (AvgIpc) is 2.81. The molecule has 0 radical (unpaired) electrons. The Morgan fingerprint density at radius 2 is 1.50 bits per heavy atom. The van der Waals surface area contributed by atoms with Crippen molar-refractivity contribution in [1.82, 2.24) is 9.88 Å². The van der Waals surface area contributed by atoms with Crippen LogP contribution in [0.3, 0.4) is 0 Å². The fraction of sp³-hybridized carbons (Fsp3) is 0.250. The van der Waals surface area contributed by atoms with Crippen LogP contribution in [0.5, 0.6) is 0 Å². The minimum Gasteiger partial charge on any atom is -0.354 e. The quantitative estimate of drug-likeness (QED) is 0.630. The zero-order chi connectivity index (χ0) is 22.6. The lowest BCUT2D eigenvalue weighted by atomic mass is 10.0. The summed E-state index contributed by atoms with van der Waals surface area (Å²) in [6, 6.07) is 20.8. The number of carbonyl (C=O) groups excluding carboxylic acids is 1. The number of hydrogen-bond acceptors (Lipinski definition) is 4. The van der Waals surface area contributed by atoms with E-state index >= 15 is 0 Å². The van der Waals surface area contributed by atoms with Gasteiger partial charge in [0, 0.05) is 38.1 Å². The summed E-state index contributed by atoms with van der Waals surface area (Å²) < 4.78 is 38.4. The van der Waals surface area contributed by atoms with Crippen molar-refractivity contribution in [2.75, 3.05) is 36.4 Å². The molecule has 5 nitrogen and oxygen atoms in total. The Morgan fingerprint density at radius 3 is 2.06 bits per heavy atom. The largest absolute Gasteiger partial charge is 0.417 e. The van der Waals surface area contributed by atoms with Crippen LogP contribution in [0.1, 0.15) is 17.2 Å². The minimum atomic E-state index is -4.40. The second kappa shape index (κ2) is 9.40. The van der Waals surface area contributed by atoms with Gasteiger partial charge >= 0.3 is 6.18 Å². The first-order chi connectivity index (χ1) is 15.4. The van der Waals surface area contributed by atoms with Gasteiger partial charge < -0.3 is 10.2 Å². The highest BCUT2D eigenvalue weighted by molar-refractivity contribution is 5.95. The molecule has 2 heterocycles. The number of amides is 1. The molecule has 3 aromatic rings. The number of hydrogen-bond donors (Lipinski definition) is 1. The molecule has 0 aliphatic carbocycles. The van der Waals surface area contributed by atoms with E-state index in [1.807, 2.05) is 65.6 Å². The summed E-state index contributed by atoms with van der Waals surface area (Å²) in [5.41, 5.74) is 0.856. The lowest BCUT2D eigenvalue weighted by Crippen LogP contribution is -2.50. The van der Waals surface area contributed by atoms with Gasteiger partial charge in [-0.1, -0.05) is 48.5 Å². The fourth-order valence-corrected chi connectivity index (χ4v) is 3.85. The van der Waals surface area contributed by atoms with E-state index in [2.05, 4.69) is 15.2 Å². The molecule has 1 N–H and O–H groups in total. The van der Waals surface area contributed by atoms with Crippen molar-refractivity contribution in [2.24, 2.45) is 0 Å². The summed E-state index contributed by atoms with van der Waals surface area (Å²) >= 11 is 0. The molecule has 1 saturated heterocycles. The van der Waals surface area contributed by atoms with Gasteiger partial charge in [0.1, 0.15) is 11.9 Å². The molecule has 1 aliphatic heterocycles. The van der Waals surface area contributed by atoms with Crippen LogP contribution in [0.15, 0.2) is 79.0 Å². The molecule has 0 spiro atoms. The number of para-hydroxylation sites is 1. The first kappa shape index (κ1) is 21.8. The first-order valence-corrected chi connectivity index (χ1v) is 10.3. The monoisotopic (exact) mass is 440 g/mol. The topological polar surface area (TPSA) is 48.5 Å². The predicted octanol–water partition coefficient (Wildman–Crippen LogP) is 4.60. The number of rotatable bonds is 5. The summed E-state index contributed by atoms with van der Waals surface area (Å²) in [6.45, 7) is 2.26. The fourth-order valence-electron chi connectivity index (χ4n) is 3.85. The molecule has 8 heteroatoms. The summed E-state index contributed by atoms with van der Waals surface area (Å²) in [4.78, 5) is 21.2. The maximum atomic E-state index is 13.2. The molecule has 1 fully saturated rings. The Bertz CT molecular complexity index is 1020. The number of piperazine rings is 1. The van der Waals surface area contributed by atoms with Gasteiger partial charge in [0.25, 0.3) is 0 Å². The second-order valence-electron chi connectivity index (χ2n) is 7.59. The Hall–Kier alpha value is -3.39. The van der Waals surface area contributed by atoms with Crippen molar-refractivity contribution in [3.8, 4) is 0 Å². The van der Waals surface area contributed by atoms with Gasteiger partial charge in [-0.15, -0.1) is 0 Å². The summed E-state index contributed by atoms with van der Waals surface area (Å²) in [5, 5.41) is 2.99. The highest BCUT2D eigenvalue weighted by atomic mass is 19.4. The van der Waals surface area contributed by atoms with Crippen molar-refractivity contribution in [2.45, 2.75) is 12.2 Å². The molecule has 4 rings (SSSR count). The van der Waals surface area contributed by atoms with Gasteiger partial charge in [0.15, 0.2) is 0 Å². The summed E-state index contributed by atoms with van der Waals surface area (Å²) in [6.07, 6.45) is -3.54. The summed E-state index contributed by atoms with van der Waals surface area (Å²) in [5.74, 6) is 0.381. The van der Waals surface area contributed by atoms with Gasteiger partial charge in [0.2, 0.25) is 5.91 Å². The van der Waals surface area contributed by atoms with E-state index in [4.69, 9.17) is 0 Å². The maximum absolute atomic E-state index is 13.2. The van der Waals surface area contributed by atoms with Crippen LogP contribution in [0, 0.1) is 0 Å². The SMILES string of the molecule is O=C(Nc1ccccc1)C(c1ccccc1)N1CCN(c2ccc(C(F)(F)F)cn2)CC1. The van der Waals surface area contributed by atoms with Gasteiger partial charge in [0.05, 0.1) is 5.56 Å². The number of pyridine rings is 1. The average molecular weight is 440 g/mol. The van der Waals surface area contributed by atoms with Crippen LogP contribution in [0.25, 0.3) is 0 Å². The Labute approximate surface area is 184 Å². The number of halogens is 3. The van der Waals surface area contributed by atoms with Crippen molar-refractivity contribution < 1.29 is 18.0 Å². The molecule has 32 heavy (non-hydrogen) atoms. The van der Waals surface area contributed by atoms with Crippen molar-refractivity contribution in [1.29, 1.82) is 0 Å². The maximum Gasteiger partial charge on any atom is 0.417 e. The Kier molecular flexibility index (Phi) is 6.41. The number of benzene rings is 2. The molecule has 2 aromatic carbocycles. The van der Waals surface area contributed by atoms with Crippen LogP contribution in [0.2, 0.25) is 0 Å². The molecule has 0 bridgehead atoms. The number of nitrogens with zero attached hydrogens (tertiary/aromatic N) is 3. The number of anilines is 2. The number of aromatic nitrogens is 1. The normalized spacial score (nSPS) is 15.9. The van der Waals surface area contributed by atoms with Gasteiger partial charge in [-0.05, 0) is 29.8 Å². The van der Waals surface area contributed by atoms with E-state index < -0.39 is 17.8 Å². The predicted molar refractivity (Wildman–Crippen MR) is 117 cm³/mol. The van der Waals surface area contributed by atoms with E-state index in [0.29, 0.717) is 32.0 Å². The van der Waals surface area contributed by atoms with E-state index in [-0.39, 0.29) is 5.91 Å². The molecule has 1 atom stereocenters. The minimum absolute atomic E-state index is 0.122. The zero-order valence-corrected chi connectivity index (χ0v) is 17.3. The summed E-state index contributed by atoms with van der Waals surface area (Å²) in [7, 11) is 0. The Balaban J connectivity index is 1.47. The van der Waals surface area contributed by atoms with Crippen LogP contribution in [-0.2, 0) is 11.0 Å². The van der Waals surface area contributed by atoms with Crippen LogP contribution < -0.4 is 10.2 Å². The standard InChI is InChI=1S/C24H23F3N4O/c25-24(26,27)19-11-12-21(28-17-19)30-13-15-31(16-14-30)22(18-7-3-1-4-8-18)23(32)29-20-9-5-2-6-10-20/h1-12,17,22H,13-16H2,(H,29,32). The number of alkyl halides is 3. The third kappa shape index (κ3) is 5.08. The molecule has 1 unspecified atom stereocenters. The van der Waals surface area contributed by atoms with Gasteiger partial charge in [-0.3, -0.25) is 9.69 Å².